The number of ketones is 1. The number of benzene rings is 2. The lowest BCUT2D eigenvalue weighted by molar-refractivity contribution is -0.144. The lowest BCUT2D eigenvalue weighted by Crippen LogP contribution is -2.39. The quantitative estimate of drug-likeness (QED) is 0.493. The van der Waals surface area contributed by atoms with E-state index in [1.807, 2.05) is 6.07 Å². The fourth-order valence-corrected chi connectivity index (χ4v) is 2.23. The molecule has 0 spiro atoms. The number of esters is 1. The van der Waals surface area contributed by atoms with Crippen molar-refractivity contribution in [3.05, 3.63) is 54.1 Å². The molecular weight excluding hydrogens is 296 g/mol. The van der Waals surface area contributed by atoms with Crippen molar-refractivity contribution in [2.75, 3.05) is 6.61 Å². The van der Waals surface area contributed by atoms with E-state index < -0.39 is 12.1 Å². The maximum Gasteiger partial charge on any atom is 0.356 e. The Morgan fingerprint density at radius 3 is 2.48 bits per heavy atom. The molecule has 1 aliphatic rings. The van der Waals surface area contributed by atoms with Crippen molar-refractivity contribution in [3.63, 3.8) is 0 Å². The summed E-state index contributed by atoms with van der Waals surface area (Å²) in [5.41, 5.74) is 0.596. The van der Waals surface area contributed by atoms with Crippen LogP contribution in [0.4, 0.5) is 0 Å². The van der Waals surface area contributed by atoms with E-state index in [0.717, 1.165) is 0 Å². The summed E-state index contributed by atoms with van der Waals surface area (Å²) < 4.78 is 16.4. The van der Waals surface area contributed by atoms with Crippen LogP contribution < -0.4 is 14.2 Å². The van der Waals surface area contributed by atoms with Crippen molar-refractivity contribution < 1.29 is 23.8 Å². The highest BCUT2D eigenvalue weighted by Gasteiger charge is 2.29. The van der Waals surface area contributed by atoms with E-state index in [2.05, 4.69) is 0 Å². The third kappa shape index (κ3) is 3.34. The average Bonchev–Trinajstić information content (AvgIpc) is 2.61. The number of hydrogen-bond donors (Lipinski definition) is 0. The Morgan fingerprint density at radius 2 is 1.78 bits per heavy atom. The van der Waals surface area contributed by atoms with Crippen molar-refractivity contribution in [2.45, 2.75) is 19.4 Å². The maximum atomic E-state index is 12.2. The van der Waals surface area contributed by atoms with Crippen molar-refractivity contribution in [2.24, 2.45) is 0 Å². The molecule has 1 heterocycles. The minimum Gasteiger partial charge on any atom is -0.485 e. The molecule has 2 aromatic rings. The van der Waals surface area contributed by atoms with Crippen LogP contribution in [0.2, 0.25) is 0 Å². The highest BCUT2D eigenvalue weighted by molar-refractivity contribution is 5.96. The van der Waals surface area contributed by atoms with Crippen LogP contribution >= 0.6 is 0 Å². The fraction of sp³-hybridized carbons (Fsp3) is 0.222. The number of Topliss-reactive ketones (excluding diaryl/α,β-unsaturated/α-hetero) is 1. The van der Waals surface area contributed by atoms with Gasteiger partial charge in [0.1, 0.15) is 12.4 Å². The zero-order valence-electron chi connectivity index (χ0n) is 12.7. The van der Waals surface area contributed by atoms with Crippen molar-refractivity contribution >= 4 is 11.8 Å². The van der Waals surface area contributed by atoms with E-state index in [0.29, 0.717) is 29.2 Å². The first kappa shape index (κ1) is 15.1. The van der Waals surface area contributed by atoms with Gasteiger partial charge in [0.15, 0.2) is 17.3 Å². The molecule has 0 bridgehead atoms. The van der Waals surface area contributed by atoms with Gasteiger partial charge in [0.05, 0.1) is 0 Å². The lowest BCUT2D eigenvalue weighted by atomic mass is 10.1. The van der Waals surface area contributed by atoms with Gasteiger partial charge in [-0.3, -0.25) is 4.79 Å². The highest BCUT2D eigenvalue weighted by atomic mass is 16.6. The van der Waals surface area contributed by atoms with Gasteiger partial charge in [-0.1, -0.05) is 19.1 Å². The number of carbonyl (C=O) groups is 2. The smallest absolute Gasteiger partial charge is 0.356 e. The van der Waals surface area contributed by atoms with Gasteiger partial charge in [-0.25, -0.2) is 4.79 Å². The van der Waals surface area contributed by atoms with Crippen molar-refractivity contribution in [1.82, 2.24) is 0 Å². The van der Waals surface area contributed by atoms with Gasteiger partial charge >= 0.3 is 5.97 Å². The minimum atomic E-state index is -0.818. The van der Waals surface area contributed by atoms with E-state index in [1.165, 1.54) is 0 Å². The summed E-state index contributed by atoms with van der Waals surface area (Å²) >= 11 is 0. The predicted molar refractivity (Wildman–Crippen MR) is 83.1 cm³/mol. The molecule has 0 aliphatic carbocycles. The third-order valence-corrected chi connectivity index (χ3v) is 3.49. The number of para-hydroxylation sites is 2. The van der Waals surface area contributed by atoms with Gasteiger partial charge in [-0.05, 0) is 36.4 Å². The molecule has 0 saturated carbocycles. The molecule has 0 radical (unpaired) electrons. The molecule has 0 saturated heterocycles. The summed E-state index contributed by atoms with van der Waals surface area (Å²) in [4.78, 5) is 23.7. The molecular formula is C18H16O5. The standard InChI is InChI=1S/C18H16O5/c1-2-14(19)12-7-9-13(10-8-12)22-18(20)17-11-21-15-5-3-4-6-16(15)23-17/h3-10,17H,2,11H2,1H3/t17-/m1/s1. The third-order valence-electron chi connectivity index (χ3n) is 3.49. The van der Waals surface area contributed by atoms with E-state index >= 15 is 0 Å². The number of hydrogen-bond acceptors (Lipinski definition) is 5. The molecule has 5 heteroatoms. The Balaban J connectivity index is 1.65. The van der Waals surface area contributed by atoms with Crippen molar-refractivity contribution in [3.8, 4) is 17.2 Å². The monoisotopic (exact) mass is 312 g/mol. The number of fused-ring (bicyclic) bond motifs is 1. The van der Waals surface area contributed by atoms with Gasteiger partial charge in [0.25, 0.3) is 0 Å². The van der Waals surface area contributed by atoms with Gasteiger partial charge in [-0.15, -0.1) is 0 Å². The Hall–Kier alpha value is -2.82. The maximum absolute atomic E-state index is 12.2. The average molecular weight is 312 g/mol. The Kier molecular flexibility index (Phi) is 4.28. The number of rotatable bonds is 4. The molecule has 1 atom stereocenters. The lowest BCUT2D eigenvalue weighted by Gasteiger charge is -2.24. The largest absolute Gasteiger partial charge is 0.485 e. The molecule has 23 heavy (non-hydrogen) atoms. The zero-order valence-corrected chi connectivity index (χ0v) is 12.7. The van der Waals surface area contributed by atoms with E-state index in [-0.39, 0.29) is 12.4 Å². The van der Waals surface area contributed by atoms with Crippen LogP contribution in [0.25, 0.3) is 0 Å². The molecule has 0 aromatic heterocycles. The Morgan fingerprint density at radius 1 is 1.09 bits per heavy atom. The molecule has 0 fully saturated rings. The topological polar surface area (TPSA) is 61.8 Å². The second kappa shape index (κ2) is 6.52. The summed E-state index contributed by atoms with van der Waals surface area (Å²) in [6, 6.07) is 13.6. The Bertz CT molecular complexity index is 720. The second-order valence-corrected chi connectivity index (χ2v) is 5.09. The molecule has 1 aliphatic heterocycles. The van der Waals surface area contributed by atoms with Gasteiger partial charge < -0.3 is 14.2 Å². The number of ether oxygens (including phenoxy) is 3. The van der Waals surface area contributed by atoms with Crippen LogP contribution in [0.1, 0.15) is 23.7 Å². The first-order chi connectivity index (χ1) is 11.2. The highest BCUT2D eigenvalue weighted by Crippen LogP contribution is 2.31. The molecule has 0 amide bonds. The SMILES string of the molecule is CCC(=O)c1ccc(OC(=O)[C@H]2COc3ccccc3O2)cc1. The van der Waals surface area contributed by atoms with Gasteiger partial charge in [0.2, 0.25) is 6.10 Å². The van der Waals surface area contributed by atoms with Crippen LogP contribution in [0.5, 0.6) is 17.2 Å². The Labute approximate surface area is 133 Å². The summed E-state index contributed by atoms with van der Waals surface area (Å²) in [6.45, 7) is 1.90. The summed E-state index contributed by atoms with van der Waals surface area (Å²) in [7, 11) is 0. The van der Waals surface area contributed by atoms with Crippen LogP contribution in [-0.2, 0) is 4.79 Å². The molecule has 3 rings (SSSR count). The van der Waals surface area contributed by atoms with Crippen LogP contribution in [0.3, 0.4) is 0 Å². The van der Waals surface area contributed by atoms with E-state index in [9.17, 15) is 9.59 Å². The molecule has 118 valence electrons. The first-order valence-electron chi connectivity index (χ1n) is 7.41. The summed E-state index contributed by atoms with van der Waals surface area (Å²) in [6.07, 6.45) is -0.381. The molecule has 0 N–H and O–H groups in total. The number of carbonyl (C=O) groups excluding carboxylic acids is 2. The molecule has 5 nitrogen and oxygen atoms in total. The van der Waals surface area contributed by atoms with Gasteiger partial charge in [-0.2, -0.15) is 0 Å². The van der Waals surface area contributed by atoms with E-state index in [1.54, 1.807) is 49.4 Å². The van der Waals surface area contributed by atoms with Crippen molar-refractivity contribution in [1.29, 1.82) is 0 Å². The normalized spacial score (nSPS) is 15.8. The van der Waals surface area contributed by atoms with Gasteiger partial charge in [0, 0.05) is 12.0 Å². The van der Waals surface area contributed by atoms with Crippen LogP contribution in [0.15, 0.2) is 48.5 Å². The molecule has 2 aromatic carbocycles. The summed E-state index contributed by atoms with van der Waals surface area (Å²) in [5.74, 6) is 1.01. The second-order valence-electron chi connectivity index (χ2n) is 5.09. The van der Waals surface area contributed by atoms with E-state index in [4.69, 9.17) is 14.2 Å². The molecule has 0 unspecified atom stereocenters. The fourth-order valence-electron chi connectivity index (χ4n) is 2.23. The minimum absolute atomic E-state index is 0.0449. The first-order valence-corrected chi connectivity index (χ1v) is 7.41. The predicted octanol–water partition coefficient (Wildman–Crippen LogP) is 3.02. The van der Waals surface area contributed by atoms with Crippen LogP contribution in [0, 0.1) is 0 Å². The summed E-state index contributed by atoms with van der Waals surface area (Å²) in [5, 5.41) is 0. The zero-order chi connectivity index (χ0) is 16.2. The van der Waals surface area contributed by atoms with Crippen LogP contribution in [-0.4, -0.2) is 24.5 Å².